The first-order valence-electron chi connectivity index (χ1n) is 7.94. The molecule has 0 saturated heterocycles. The van der Waals surface area contributed by atoms with E-state index in [0.717, 1.165) is 6.42 Å². The molecule has 0 atom stereocenters. The van der Waals surface area contributed by atoms with E-state index in [0.29, 0.717) is 0 Å². The van der Waals surface area contributed by atoms with Gasteiger partial charge in [0.15, 0.2) is 0 Å². The van der Waals surface area contributed by atoms with Gasteiger partial charge in [-0.05, 0) is 50.6 Å². The van der Waals surface area contributed by atoms with Crippen molar-refractivity contribution in [2.75, 3.05) is 0 Å². The Balaban J connectivity index is 2.14. The molecule has 0 amide bonds. The molecule has 0 aliphatic heterocycles. The van der Waals surface area contributed by atoms with Crippen LogP contribution in [0.25, 0.3) is 16.7 Å². The predicted molar refractivity (Wildman–Crippen MR) is 92.9 cm³/mol. The van der Waals surface area contributed by atoms with Crippen molar-refractivity contribution in [3.63, 3.8) is 0 Å². The van der Waals surface area contributed by atoms with Crippen LogP contribution in [0.1, 0.15) is 58.2 Å². The summed E-state index contributed by atoms with van der Waals surface area (Å²) < 4.78 is 0. The van der Waals surface area contributed by atoms with Crippen molar-refractivity contribution in [1.29, 1.82) is 0 Å². The van der Waals surface area contributed by atoms with Gasteiger partial charge in [-0.2, -0.15) is 0 Å². The molecule has 0 N–H and O–H groups in total. The molecule has 0 radical (unpaired) electrons. The van der Waals surface area contributed by atoms with Crippen molar-refractivity contribution < 1.29 is 0 Å². The van der Waals surface area contributed by atoms with Crippen molar-refractivity contribution in [3.05, 3.63) is 53.1 Å². The lowest BCUT2D eigenvalue weighted by Gasteiger charge is -2.21. The molecular weight excluding hydrogens is 252 g/mol. The molecule has 3 aliphatic rings. The van der Waals surface area contributed by atoms with Gasteiger partial charge in [-0.3, -0.25) is 0 Å². The Labute approximate surface area is 129 Å². The SMILES string of the molecule is CC(C)(C)C1=CCc2cc3cc(C(C)(C)C)cc-3ccc21. The van der Waals surface area contributed by atoms with Crippen LogP contribution in [-0.2, 0) is 11.8 Å². The van der Waals surface area contributed by atoms with Gasteiger partial charge in [-0.1, -0.05) is 78.0 Å². The molecule has 0 aromatic heterocycles. The lowest BCUT2D eigenvalue weighted by Crippen LogP contribution is -2.08. The van der Waals surface area contributed by atoms with Crippen molar-refractivity contribution in [2.24, 2.45) is 5.41 Å². The molecule has 0 heteroatoms. The standard InChI is InChI=1S/C21H26/c1-20(2,3)17-12-14-7-9-18-15(11-16(14)13-17)8-10-19(18)21(4,5)6/h7,9-13H,8H2,1-6H3. The highest BCUT2D eigenvalue weighted by molar-refractivity contribution is 5.80. The van der Waals surface area contributed by atoms with Gasteiger partial charge in [0.05, 0.1) is 0 Å². The number of rotatable bonds is 0. The van der Waals surface area contributed by atoms with Gasteiger partial charge in [0, 0.05) is 0 Å². The maximum absolute atomic E-state index is 2.41. The molecule has 0 bridgehead atoms. The molecule has 21 heavy (non-hydrogen) atoms. The monoisotopic (exact) mass is 278 g/mol. The van der Waals surface area contributed by atoms with Gasteiger partial charge < -0.3 is 0 Å². The van der Waals surface area contributed by atoms with E-state index in [1.165, 1.54) is 33.4 Å². The molecule has 0 saturated carbocycles. The van der Waals surface area contributed by atoms with Gasteiger partial charge in [-0.15, -0.1) is 0 Å². The summed E-state index contributed by atoms with van der Waals surface area (Å²) in [5.74, 6) is 0. The van der Waals surface area contributed by atoms with E-state index in [1.807, 2.05) is 0 Å². The fourth-order valence-electron chi connectivity index (χ4n) is 3.26. The number of fused-ring (bicyclic) bond motifs is 2. The average Bonchev–Trinajstić information content (AvgIpc) is 2.88. The molecule has 0 spiro atoms. The minimum absolute atomic E-state index is 0.218. The number of hydrogen-bond acceptors (Lipinski definition) is 0. The van der Waals surface area contributed by atoms with E-state index < -0.39 is 0 Å². The maximum atomic E-state index is 2.41. The van der Waals surface area contributed by atoms with Gasteiger partial charge in [0.1, 0.15) is 0 Å². The summed E-state index contributed by atoms with van der Waals surface area (Å²) in [5.41, 5.74) is 9.02. The third-order valence-corrected chi connectivity index (χ3v) is 4.55. The Hall–Kier alpha value is -1.56. The third-order valence-electron chi connectivity index (χ3n) is 4.55. The zero-order valence-corrected chi connectivity index (χ0v) is 14.2. The molecule has 0 aromatic rings. The minimum Gasteiger partial charge on any atom is -0.0758 e. The third kappa shape index (κ3) is 2.52. The molecule has 3 rings (SSSR count). The largest absolute Gasteiger partial charge is 0.0758 e. The zero-order chi connectivity index (χ0) is 15.4. The summed E-state index contributed by atoms with van der Waals surface area (Å²) in [6, 6.07) is 11.7. The van der Waals surface area contributed by atoms with Crippen LogP contribution in [0.5, 0.6) is 0 Å². The molecule has 0 fully saturated rings. The quantitative estimate of drug-likeness (QED) is 0.548. The van der Waals surface area contributed by atoms with Crippen molar-refractivity contribution >= 4 is 5.57 Å². The molecular formula is C21H26. The average molecular weight is 278 g/mol. The Morgan fingerprint density at radius 2 is 1.43 bits per heavy atom. The van der Waals surface area contributed by atoms with Crippen LogP contribution in [0, 0.1) is 5.41 Å². The highest BCUT2D eigenvalue weighted by Crippen LogP contribution is 2.42. The van der Waals surface area contributed by atoms with Gasteiger partial charge >= 0.3 is 0 Å². The van der Waals surface area contributed by atoms with Gasteiger partial charge in [0.25, 0.3) is 0 Å². The topological polar surface area (TPSA) is 0 Å². The Bertz CT molecular complexity index is 687. The summed E-state index contributed by atoms with van der Waals surface area (Å²) in [6.07, 6.45) is 3.48. The van der Waals surface area contributed by atoms with E-state index in [2.05, 4.69) is 78.0 Å². The summed E-state index contributed by atoms with van der Waals surface area (Å²) in [6.45, 7) is 13.8. The van der Waals surface area contributed by atoms with Crippen molar-refractivity contribution in [1.82, 2.24) is 0 Å². The minimum atomic E-state index is 0.218. The second-order valence-corrected chi connectivity index (χ2v) is 8.39. The molecule has 110 valence electrons. The molecule has 0 nitrogen and oxygen atoms in total. The molecule has 3 aliphatic carbocycles. The van der Waals surface area contributed by atoms with Crippen molar-refractivity contribution in [3.8, 4) is 11.1 Å². The Kier molecular flexibility index (Phi) is 3.06. The lowest BCUT2D eigenvalue weighted by molar-refractivity contribution is 0.568. The van der Waals surface area contributed by atoms with Crippen LogP contribution in [-0.4, -0.2) is 0 Å². The van der Waals surface area contributed by atoms with Crippen LogP contribution in [0.2, 0.25) is 0 Å². The van der Waals surface area contributed by atoms with Gasteiger partial charge in [0.2, 0.25) is 0 Å². The van der Waals surface area contributed by atoms with E-state index >= 15 is 0 Å². The maximum Gasteiger partial charge on any atom is -0.00849 e. The summed E-state index contributed by atoms with van der Waals surface area (Å²) in [5, 5.41) is 0. The first-order chi connectivity index (χ1) is 9.66. The van der Waals surface area contributed by atoms with Gasteiger partial charge in [-0.25, -0.2) is 0 Å². The van der Waals surface area contributed by atoms with Crippen LogP contribution in [0.15, 0.2) is 36.4 Å². The van der Waals surface area contributed by atoms with E-state index in [-0.39, 0.29) is 10.8 Å². The summed E-state index contributed by atoms with van der Waals surface area (Å²) in [7, 11) is 0. The Morgan fingerprint density at radius 1 is 0.762 bits per heavy atom. The Morgan fingerprint density at radius 3 is 2.05 bits per heavy atom. The first kappa shape index (κ1) is 14.4. The molecule has 0 heterocycles. The highest BCUT2D eigenvalue weighted by Gasteiger charge is 2.25. The second-order valence-electron chi connectivity index (χ2n) is 8.39. The normalized spacial score (nSPS) is 15.2. The van der Waals surface area contributed by atoms with E-state index in [9.17, 15) is 0 Å². The van der Waals surface area contributed by atoms with E-state index in [1.54, 1.807) is 0 Å². The zero-order valence-electron chi connectivity index (χ0n) is 14.2. The molecule has 0 aromatic carbocycles. The molecule has 0 unspecified atom stereocenters. The van der Waals surface area contributed by atoms with Crippen molar-refractivity contribution in [2.45, 2.75) is 53.4 Å². The van der Waals surface area contributed by atoms with Crippen LogP contribution in [0.3, 0.4) is 0 Å². The second kappa shape index (κ2) is 4.47. The highest BCUT2D eigenvalue weighted by atomic mass is 14.3. The first-order valence-corrected chi connectivity index (χ1v) is 7.94. The van der Waals surface area contributed by atoms with E-state index in [4.69, 9.17) is 0 Å². The van der Waals surface area contributed by atoms with Crippen LogP contribution >= 0.6 is 0 Å². The lowest BCUT2D eigenvalue weighted by atomic mass is 9.84. The number of hydrogen-bond donors (Lipinski definition) is 0. The number of allylic oxidation sites excluding steroid dienone is 2. The summed E-state index contributed by atoms with van der Waals surface area (Å²) in [4.78, 5) is 0. The fraction of sp³-hybridized carbons (Fsp3) is 0.429. The fourth-order valence-corrected chi connectivity index (χ4v) is 3.26. The van der Waals surface area contributed by atoms with Crippen LogP contribution < -0.4 is 0 Å². The smallest absolute Gasteiger partial charge is 0.00849 e. The predicted octanol–water partition coefficient (Wildman–Crippen LogP) is 6.07. The summed E-state index contributed by atoms with van der Waals surface area (Å²) >= 11 is 0. The van der Waals surface area contributed by atoms with Crippen LogP contribution in [0.4, 0.5) is 0 Å².